The predicted octanol–water partition coefficient (Wildman–Crippen LogP) is 3.10. The largest absolute Gasteiger partial charge is 0.379 e. The van der Waals surface area contributed by atoms with Crippen molar-refractivity contribution in [2.24, 2.45) is 0 Å². The van der Waals surface area contributed by atoms with Crippen molar-refractivity contribution in [3.05, 3.63) is 53.5 Å². The van der Waals surface area contributed by atoms with E-state index in [4.69, 9.17) is 4.74 Å². The van der Waals surface area contributed by atoms with Crippen molar-refractivity contribution in [1.82, 2.24) is 25.0 Å². The summed E-state index contributed by atoms with van der Waals surface area (Å²) >= 11 is 0. The van der Waals surface area contributed by atoms with Gasteiger partial charge in [0.2, 0.25) is 0 Å². The van der Waals surface area contributed by atoms with Gasteiger partial charge in [-0.3, -0.25) is 14.9 Å². The molecule has 28 heavy (non-hydrogen) atoms. The van der Waals surface area contributed by atoms with E-state index in [2.05, 4.69) is 49.2 Å². The van der Waals surface area contributed by atoms with Gasteiger partial charge >= 0.3 is 0 Å². The molecule has 4 heterocycles. The fraction of sp³-hybridized carbons (Fsp3) is 0.500. The third-order valence-electron chi connectivity index (χ3n) is 6.23. The molecular weight excluding hydrogens is 350 g/mol. The zero-order valence-corrected chi connectivity index (χ0v) is 16.4. The standard InChI is InChI=1S/C22H29N5O/c1-3-17-6-7-23-21(17)18(4-1)14-27-8-2-5-19(15-27)22-20(13-24-25-22)16-26-9-11-28-12-10-26/h1,3-4,6-7,13,19,23H,2,5,8-12,14-16H2,(H,24,25)/t19-/m1/s1. The van der Waals surface area contributed by atoms with E-state index in [0.29, 0.717) is 5.92 Å². The van der Waals surface area contributed by atoms with E-state index in [1.165, 1.54) is 47.1 Å². The van der Waals surface area contributed by atoms with Crippen molar-refractivity contribution < 1.29 is 4.74 Å². The molecule has 2 N–H and O–H groups in total. The Morgan fingerprint density at radius 1 is 1.04 bits per heavy atom. The number of piperidine rings is 1. The second kappa shape index (κ2) is 8.07. The van der Waals surface area contributed by atoms with E-state index in [9.17, 15) is 0 Å². The summed E-state index contributed by atoms with van der Waals surface area (Å²) in [5.74, 6) is 0.537. The van der Waals surface area contributed by atoms with Crippen molar-refractivity contribution in [2.75, 3.05) is 39.4 Å². The van der Waals surface area contributed by atoms with Crippen LogP contribution in [0.25, 0.3) is 10.9 Å². The predicted molar refractivity (Wildman–Crippen MR) is 110 cm³/mol. The second-order valence-corrected chi connectivity index (χ2v) is 8.13. The summed E-state index contributed by atoms with van der Waals surface area (Å²) in [7, 11) is 0. The van der Waals surface area contributed by atoms with Gasteiger partial charge < -0.3 is 9.72 Å². The molecule has 2 saturated heterocycles. The third-order valence-corrected chi connectivity index (χ3v) is 6.23. The molecule has 6 nitrogen and oxygen atoms in total. The van der Waals surface area contributed by atoms with Gasteiger partial charge in [-0.25, -0.2) is 0 Å². The van der Waals surface area contributed by atoms with Crippen LogP contribution in [0.15, 0.2) is 36.7 Å². The molecule has 2 aliphatic rings. The number of H-pyrrole nitrogens is 2. The van der Waals surface area contributed by atoms with Crippen molar-refractivity contribution in [3.63, 3.8) is 0 Å². The Morgan fingerprint density at radius 3 is 2.86 bits per heavy atom. The van der Waals surface area contributed by atoms with E-state index in [1.54, 1.807) is 0 Å². The smallest absolute Gasteiger partial charge is 0.0594 e. The molecule has 3 aromatic rings. The number of aromatic nitrogens is 3. The molecule has 0 spiro atoms. The quantitative estimate of drug-likeness (QED) is 0.715. The number of likely N-dealkylation sites (tertiary alicyclic amines) is 1. The fourth-order valence-electron chi connectivity index (χ4n) is 4.76. The van der Waals surface area contributed by atoms with Crippen LogP contribution in [-0.2, 0) is 17.8 Å². The number of hydrogen-bond acceptors (Lipinski definition) is 4. The average Bonchev–Trinajstić information content (AvgIpc) is 3.39. The average molecular weight is 380 g/mol. The molecular formula is C22H29N5O. The summed E-state index contributed by atoms with van der Waals surface area (Å²) < 4.78 is 5.49. The molecule has 148 valence electrons. The molecule has 2 aromatic heterocycles. The summed E-state index contributed by atoms with van der Waals surface area (Å²) in [6, 6.07) is 8.75. The summed E-state index contributed by atoms with van der Waals surface area (Å²) in [5, 5.41) is 9.03. The molecule has 2 fully saturated rings. The van der Waals surface area contributed by atoms with Crippen LogP contribution in [0.2, 0.25) is 0 Å². The first-order valence-electron chi connectivity index (χ1n) is 10.5. The van der Waals surface area contributed by atoms with Gasteiger partial charge in [-0.05, 0) is 36.4 Å². The maximum atomic E-state index is 5.49. The second-order valence-electron chi connectivity index (χ2n) is 8.13. The first-order valence-corrected chi connectivity index (χ1v) is 10.5. The first-order chi connectivity index (χ1) is 13.9. The highest BCUT2D eigenvalue weighted by atomic mass is 16.5. The lowest BCUT2D eigenvalue weighted by molar-refractivity contribution is 0.0339. The maximum absolute atomic E-state index is 5.49. The van der Waals surface area contributed by atoms with Crippen LogP contribution in [0.1, 0.15) is 35.6 Å². The number of morpholine rings is 1. The summed E-state index contributed by atoms with van der Waals surface area (Å²) in [6.45, 7) is 7.96. The zero-order chi connectivity index (χ0) is 18.8. The van der Waals surface area contributed by atoms with Crippen LogP contribution < -0.4 is 0 Å². The lowest BCUT2D eigenvalue weighted by atomic mass is 9.92. The minimum absolute atomic E-state index is 0.537. The van der Waals surface area contributed by atoms with Gasteiger partial charge in [0.25, 0.3) is 0 Å². The van der Waals surface area contributed by atoms with E-state index in [0.717, 1.165) is 45.9 Å². The Balaban J connectivity index is 1.28. The van der Waals surface area contributed by atoms with Gasteiger partial charge in [-0.1, -0.05) is 18.2 Å². The van der Waals surface area contributed by atoms with Crippen LogP contribution in [-0.4, -0.2) is 64.4 Å². The van der Waals surface area contributed by atoms with Crippen molar-refractivity contribution >= 4 is 10.9 Å². The molecule has 0 aliphatic carbocycles. The molecule has 1 atom stereocenters. The van der Waals surface area contributed by atoms with E-state index in [1.807, 2.05) is 12.4 Å². The SMILES string of the molecule is c1cc(CN2CCC[C@@H](c3[nH]ncc3CN3CCOCC3)C2)c2[nH]ccc2c1. The van der Waals surface area contributed by atoms with E-state index < -0.39 is 0 Å². The number of ether oxygens (including phenoxy) is 1. The van der Waals surface area contributed by atoms with Crippen molar-refractivity contribution in [1.29, 1.82) is 0 Å². The Hall–Kier alpha value is -2.15. The fourth-order valence-corrected chi connectivity index (χ4v) is 4.76. The lowest BCUT2D eigenvalue weighted by Crippen LogP contribution is -2.37. The number of nitrogens with one attached hydrogen (secondary N) is 2. The topological polar surface area (TPSA) is 60.2 Å². The molecule has 2 aliphatic heterocycles. The summed E-state index contributed by atoms with van der Waals surface area (Å²) in [6.07, 6.45) is 6.54. The minimum atomic E-state index is 0.537. The third kappa shape index (κ3) is 3.72. The summed E-state index contributed by atoms with van der Waals surface area (Å²) in [5.41, 5.74) is 5.37. The van der Waals surface area contributed by atoms with Gasteiger partial charge in [-0.2, -0.15) is 5.10 Å². The van der Waals surface area contributed by atoms with Gasteiger partial charge in [0.05, 0.1) is 19.4 Å². The van der Waals surface area contributed by atoms with Gasteiger partial charge in [0.15, 0.2) is 0 Å². The Morgan fingerprint density at radius 2 is 1.93 bits per heavy atom. The number of nitrogens with zero attached hydrogens (tertiary/aromatic N) is 3. The zero-order valence-electron chi connectivity index (χ0n) is 16.4. The highest BCUT2D eigenvalue weighted by Gasteiger charge is 2.26. The molecule has 0 unspecified atom stereocenters. The number of aromatic amines is 2. The van der Waals surface area contributed by atoms with Gasteiger partial charge in [0.1, 0.15) is 0 Å². The Labute approximate surface area is 165 Å². The van der Waals surface area contributed by atoms with E-state index in [-0.39, 0.29) is 0 Å². The Bertz CT molecular complexity index is 910. The number of para-hydroxylation sites is 1. The van der Waals surface area contributed by atoms with Crippen LogP contribution in [0.4, 0.5) is 0 Å². The molecule has 6 heteroatoms. The first kappa shape index (κ1) is 17.9. The monoisotopic (exact) mass is 379 g/mol. The van der Waals surface area contributed by atoms with Crippen molar-refractivity contribution in [2.45, 2.75) is 31.8 Å². The number of hydrogen-bond donors (Lipinski definition) is 2. The Kier molecular flexibility index (Phi) is 5.16. The normalized spacial score (nSPS) is 22.1. The molecule has 0 amide bonds. The molecule has 0 bridgehead atoms. The molecule has 0 saturated carbocycles. The van der Waals surface area contributed by atoms with Crippen molar-refractivity contribution in [3.8, 4) is 0 Å². The molecule has 0 radical (unpaired) electrons. The van der Waals surface area contributed by atoms with Gasteiger partial charge in [-0.15, -0.1) is 0 Å². The highest BCUT2D eigenvalue weighted by Crippen LogP contribution is 2.30. The minimum Gasteiger partial charge on any atom is -0.379 e. The van der Waals surface area contributed by atoms with Crippen LogP contribution in [0, 0.1) is 0 Å². The number of benzene rings is 1. The van der Waals surface area contributed by atoms with E-state index >= 15 is 0 Å². The lowest BCUT2D eigenvalue weighted by Gasteiger charge is -2.33. The van der Waals surface area contributed by atoms with Crippen LogP contribution >= 0.6 is 0 Å². The highest BCUT2D eigenvalue weighted by molar-refractivity contribution is 5.82. The molecule has 5 rings (SSSR count). The van der Waals surface area contributed by atoms with Crippen LogP contribution in [0.5, 0.6) is 0 Å². The van der Waals surface area contributed by atoms with Gasteiger partial charge in [0, 0.05) is 61.6 Å². The molecule has 1 aromatic carbocycles. The number of rotatable bonds is 5. The number of fused-ring (bicyclic) bond motifs is 1. The van der Waals surface area contributed by atoms with Crippen LogP contribution in [0.3, 0.4) is 0 Å². The maximum Gasteiger partial charge on any atom is 0.0594 e. The summed E-state index contributed by atoms with van der Waals surface area (Å²) in [4.78, 5) is 8.49.